The molecule has 0 aliphatic rings. The highest BCUT2D eigenvalue weighted by atomic mass is 31.1. The van der Waals surface area contributed by atoms with E-state index in [4.69, 9.17) is 4.52 Å². The van der Waals surface area contributed by atoms with Gasteiger partial charge in [-0.3, -0.25) is 4.57 Å². The standard InChI is InChI=1S/C14H15O2P/c15-17-16-14(13-9-5-2-6-10-13)11-12-7-3-1-4-8-12/h1-10,14H,11,17H2. The molecule has 3 heteroatoms. The van der Waals surface area contributed by atoms with Crippen LogP contribution >= 0.6 is 8.69 Å². The van der Waals surface area contributed by atoms with E-state index in [1.165, 1.54) is 5.56 Å². The van der Waals surface area contributed by atoms with Crippen LogP contribution in [0, 0.1) is 0 Å². The predicted molar refractivity (Wildman–Crippen MR) is 70.8 cm³/mol. The van der Waals surface area contributed by atoms with Crippen molar-refractivity contribution in [3.63, 3.8) is 0 Å². The van der Waals surface area contributed by atoms with Crippen molar-refractivity contribution in [1.82, 2.24) is 0 Å². The molecule has 2 unspecified atom stereocenters. The Labute approximate surface area is 103 Å². The minimum absolute atomic E-state index is 0.119. The van der Waals surface area contributed by atoms with Crippen molar-refractivity contribution in [1.29, 1.82) is 0 Å². The van der Waals surface area contributed by atoms with Crippen LogP contribution in [-0.2, 0) is 15.5 Å². The smallest absolute Gasteiger partial charge is 0.180 e. The van der Waals surface area contributed by atoms with Gasteiger partial charge in [-0.2, -0.15) is 0 Å². The van der Waals surface area contributed by atoms with E-state index in [-0.39, 0.29) is 6.10 Å². The average molecular weight is 246 g/mol. The first kappa shape index (κ1) is 12.1. The molecule has 2 aromatic carbocycles. The normalized spacial score (nSPS) is 12.9. The molecule has 0 bridgehead atoms. The lowest BCUT2D eigenvalue weighted by atomic mass is 10.0. The molecule has 0 saturated carbocycles. The molecule has 0 saturated heterocycles. The van der Waals surface area contributed by atoms with Crippen LogP contribution in [-0.4, -0.2) is 0 Å². The van der Waals surface area contributed by atoms with Gasteiger partial charge in [-0.25, -0.2) is 0 Å². The van der Waals surface area contributed by atoms with Crippen molar-refractivity contribution >= 4 is 8.69 Å². The van der Waals surface area contributed by atoms with Gasteiger partial charge in [0.15, 0.2) is 8.69 Å². The number of rotatable bonds is 5. The molecule has 0 aliphatic carbocycles. The van der Waals surface area contributed by atoms with Crippen LogP contribution in [0.2, 0.25) is 0 Å². The highest BCUT2D eigenvalue weighted by Gasteiger charge is 2.11. The van der Waals surface area contributed by atoms with Crippen LogP contribution in [0.25, 0.3) is 0 Å². The zero-order valence-electron chi connectivity index (χ0n) is 9.45. The Morgan fingerprint density at radius 3 is 2.12 bits per heavy atom. The maximum atomic E-state index is 10.8. The van der Waals surface area contributed by atoms with E-state index in [0.29, 0.717) is 0 Å². The Morgan fingerprint density at radius 1 is 0.941 bits per heavy atom. The molecule has 0 N–H and O–H groups in total. The van der Waals surface area contributed by atoms with Gasteiger partial charge in [-0.1, -0.05) is 60.7 Å². The molecule has 0 aromatic heterocycles. The Morgan fingerprint density at radius 2 is 1.53 bits per heavy atom. The van der Waals surface area contributed by atoms with Gasteiger partial charge in [0.2, 0.25) is 0 Å². The summed E-state index contributed by atoms with van der Waals surface area (Å²) in [7, 11) is -1.19. The molecule has 0 spiro atoms. The van der Waals surface area contributed by atoms with Crippen molar-refractivity contribution in [2.45, 2.75) is 12.5 Å². The van der Waals surface area contributed by atoms with Gasteiger partial charge in [0.05, 0.1) is 6.10 Å². The third kappa shape index (κ3) is 3.55. The van der Waals surface area contributed by atoms with Crippen molar-refractivity contribution < 1.29 is 9.09 Å². The highest BCUT2D eigenvalue weighted by Crippen LogP contribution is 2.25. The summed E-state index contributed by atoms with van der Waals surface area (Å²) in [6, 6.07) is 20.0. The molecular weight excluding hydrogens is 231 g/mol. The third-order valence-corrected chi connectivity index (χ3v) is 3.09. The molecule has 0 aliphatic heterocycles. The topological polar surface area (TPSA) is 26.3 Å². The average Bonchev–Trinajstić information content (AvgIpc) is 2.40. The number of benzene rings is 2. The van der Waals surface area contributed by atoms with E-state index in [1.54, 1.807) is 0 Å². The molecule has 0 heterocycles. The van der Waals surface area contributed by atoms with E-state index in [1.807, 2.05) is 48.5 Å². The first-order chi connectivity index (χ1) is 8.40. The lowest BCUT2D eigenvalue weighted by Crippen LogP contribution is -2.02. The van der Waals surface area contributed by atoms with Crippen LogP contribution in [0.4, 0.5) is 0 Å². The minimum Gasteiger partial charge on any atom is -0.324 e. The van der Waals surface area contributed by atoms with Crippen molar-refractivity contribution in [3.8, 4) is 0 Å². The fraction of sp³-hybridized carbons (Fsp3) is 0.143. The predicted octanol–water partition coefficient (Wildman–Crippen LogP) is 3.66. The van der Waals surface area contributed by atoms with Gasteiger partial charge in [-0.05, 0) is 11.1 Å². The Balaban J connectivity index is 2.16. The summed E-state index contributed by atoms with van der Waals surface area (Å²) in [6.45, 7) is 0. The van der Waals surface area contributed by atoms with Crippen molar-refractivity contribution in [2.24, 2.45) is 0 Å². The van der Waals surface area contributed by atoms with Gasteiger partial charge in [0.1, 0.15) is 0 Å². The zero-order valence-corrected chi connectivity index (χ0v) is 10.6. The molecule has 0 amide bonds. The Kier molecular flexibility index (Phi) is 4.54. The second kappa shape index (κ2) is 6.39. The van der Waals surface area contributed by atoms with Crippen molar-refractivity contribution in [3.05, 3.63) is 71.8 Å². The third-order valence-electron chi connectivity index (χ3n) is 2.66. The summed E-state index contributed by atoms with van der Waals surface area (Å²) in [5.41, 5.74) is 2.26. The maximum absolute atomic E-state index is 10.8. The van der Waals surface area contributed by atoms with E-state index in [2.05, 4.69) is 12.1 Å². The second-order valence-corrected chi connectivity index (χ2v) is 4.29. The Bertz CT molecular complexity index is 456. The fourth-order valence-electron chi connectivity index (χ4n) is 1.81. The van der Waals surface area contributed by atoms with Crippen LogP contribution in [0.15, 0.2) is 60.7 Å². The van der Waals surface area contributed by atoms with Gasteiger partial charge < -0.3 is 4.52 Å². The van der Waals surface area contributed by atoms with Gasteiger partial charge in [-0.15, -0.1) is 0 Å². The van der Waals surface area contributed by atoms with Crippen LogP contribution in [0.1, 0.15) is 17.2 Å². The van der Waals surface area contributed by atoms with Crippen molar-refractivity contribution in [2.75, 3.05) is 0 Å². The first-order valence-corrected chi connectivity index (χ1v) is 6.52. The molecule has 0 fully saturated rings. The molecule has 2 aromatic rings. The molecule has 0 radical (unpaired) electrons. The second-order valence-electron chi connectivity index (χ2n) is 3.82. The zero-order chi connectivity index (χ0) is 11.9. The number of hydrogen-bond acceptors (Lipinski definition) is 2. The largest absolute Gasteiger partial charge is 0.324 e. The minimum atomic E-state index is -1.19. The SMILES string of the molecule is O=[PH2]OC(Cc1ccccc1)c1ccccc1. The summed E-state index contributed by atoms with van der Waals surface area (Å²) in [5, 5.41) is 0. The van der Waals surface area contributed by atoms with E-state index in [9.17, 15) is 4.57 Å². The van der Waals surface area contributed by atoms with Crippen LogP contribution < -0.4 is 0 Å². The maximum Gasteiger partial charge on any atom is 0.180 e. The van der Waals surface area contributed by atoms with E-state index in [0.717, 1.165) is 12.0 Å². The summed E-state index contributed by atoms with van der Waals surface area (Å²) in [4.78, 5) is 0. The quantitative estimate of drug-likeness (QED) is 0.752. The van der Waals surface area contributed by atoms with E-state index >= 15 is 0 Å². The molecular formula is C14H15O2P. The van der Waals surface area contributed by atoms with Crippen LogP contribution in [0.3, 0.4) is 0 Å². The molecule has 2 rings (SSSR count). The summed E-state index contributed by atoms with van der Waals surface area (Å²) >= 11 is 0. The van der Waals surface area contributed by atoms with E-state index < -0.39 is 8.69 Å². The van der Waals surface area contributed by atoms with Gasteiger partial charge in [0.25, 0.3) is 0 Å². The first-order valence-electron chi connectivity index (χ1n) is 5.58. The lowest BCUT2D eigenvalue weighted by molar-refractivity contribution is 0.229. The fourth-order valence-corrected chi connectivity index (χ4v) is 2.19. The summed E-state index contributed by atoms with van der Waals surface area (Å²) < 4.78 is 16.1. The molecule has 2 atom stereocenters. The van der Waals surface area contributed by atoms with Gasteiger partial charge >= 0.3 is 0 Å². The monoisotopic (exact) mass is 246 g/mol. The molecule has 17 heavy (non-hydrogen) atoms. The van der Waals surface area contributed by atoms with Gasteiger partial charge in [0, 0.05) is 6.42 Å². The highest BCUT2D eigenvalue weighted by molar-refractivity contribution is 7.17. The molecule has 88 valence electrons. The summed E-state index contributed by atoms with van der Waals surface area (Å²) in [6.07, 6.45) is 0.631. The lowest BCUT2D eigenvalue weighted by Gasteiger charge is -2.15. The number of hydrogen-bond donors (Lipinski definition) is 0. The van der Waals surface area contributed by atoms with Crippen LogP contribution in [0.5, 0.6) is 0 Å². The Hall–Kier alpha value is -1.37. The summed E-state index contributed by atoms with van der Waals surface area (Å²) in [5.74, 6) is 0. The molecule has 2 nitrogen and oxygen atoms in total.